The Morgan fingerprint density at radius 2 is 1.95 bits per heavy atom. The zero-order valence-corrected chi connectivity index (χ0v) is 11.6. The first-order valence-electron chi connectivity index (χ1n) is 6.74. The Morgan fingerprint density at radius 1 is 1.35 bits per heavy atom. The van der Waals surface area contributed by atoms with E-state index in [1.165, 1.54) is 7.05 Å². The predicted octanol–water partition coefficient (Wildman–Crippen LogP) is 2.68. The monoisotopic (exact) mass is 295 g/mol. The van der Waals surface area contributed by atoms with E-state index in [1.54, 1.807) is 6.92 Å². The molecule has 7 heteroatoms. The van der Waals surface area contributed by atoms with Gasteiger partial charge in [0.15, 0.2) is 0 Å². The second-order valence-electron chi connectivity index (χ2n) is 5.31. The molecule has 116 valence electrons. The molecular formula is C13H20F3NO3. The van der Waals surface area contributed by atoms with E-state index in [-0.39, 0.29) is 19.3 Å². The van der Waals surface area contributed by atoms with Gasteiger partial charge < -0.3 is 10.0 Å². The molecule has 0 radical (unpaired) electrons. The van der Waals surface area contributed by atoms with E-state index in [0.29, 0.717) is 12.8 Å². The van der Waals surface area contributed by atoms with Crippen LogP contribution in [-0.4, -0.2) is 41.1 Å². The molecule has 1 aliphatic carbocycles. The number of carbonyl (C=O) groups excluding carboxylic acids is 1. The molecule has 4 nitrogen and oxygen atoms in total. The largest absolute Gasteiger partial charge is 0.480 e. The Morgan fingerprint density at radius 3 is 2.40 bits per heavy atom. The van der Waals surface area contributed by atoms with Gasteiger partial charge in [-0.05, 0) is 25.7 Å². The van der Waals surface area contributed by atoms with Crippen LogP contribution in [0.2, 0.25) is 0 Å². The summed E-state index contributed by atoms with van der Waals surface area (Å²) >= 11 is 0. The van der Waals surface area contributed by atoms with E-state index in [2.05, 4.69) is 0 Å². The van der Waals surface area contributed by atoms with Gasteiger partial charge in [-0.25, -0.2) is 4.79 Å². The standard InChI is InChI=1S/C13H20F3NO3/c1-3-10(12(19)20)17(2)11(18)8-5-4-6-9(7-8)13(14,15)16/h8-10H,3-7H2,1-2H3,(H,19,20). The lowest BCUT2D eigenvalue weighted by molar-refractivity contribution is -0.187. The number of alkyl halides is 3. The van der Waals surface area contributed by atoms with Crippen molar-refractivity contribution in [1.82, 2.24) is 4.90 Å². The summed E-state index contributed by atoms with van der Waals surface area (Å²) in [6, 6.07) is -0.978. The molecule has 0 aliphatic heterocycles. The van der Waals surface area contributed by atoms with Gasteiger partial charge in [0.25, 0.3) is 0 Å². The highest BCUT2D eigenvalue weighted by Gasteiger charge is 2.44. The van der Waals surface area contributed by atoms with E-state index in [0.717, 1.165) is 4.90 Å². The molecule has 1 fully saturated rings. The topological polar surface area (TPSA) is 57.6 Å². The number of aliphatic carboxylic acids is 1. The third kappa shape index (κ3) is 3.86. The van der Waals surface area contributed by atoms with Crippen molar-refractivity contribution in [2.75, 3.05) is 7.05 Å². The highest BCUT2D eigenvalue weighted by molar-refractivity contribution is 5.84. The number of carboxylic acid groups (broad SMARTS) is 1. The van der Waals surface area contributed by atoms with Crippen LogP contribution in [0.1, 0.15) is 39.0 Å². The Labute approximate surface area is 115 Å². The Hall–Kier alpha value is -1.27. The van der Waals surface area contributed by atoms with Crippen LogP contribution in [0.5, 0.6) is 0 Å². The molecule has 1 rings (SSSR count). The molecule has 0 aromatic heterocycles. The summed E-state index contributed by atoms with van der Waals surface area (Å²) in [5.74, 6) is -3.81. The van der Waals surface area contributed by atoms with Crippen LogP contribution in [0.4, 0.5) is 13.2 Å². The van der Waals surface area contributed by atoms with Crippen molar-refractivity contribution in [3.8, 4) is 0 Å². The second kappa shape index (κ2) is 6.45. The minimum Gasteiger partial charge on any atom is -0.480 e. The minimum absolute atomic E-state index is 0.0487. The summed E-state index contributed by atoms with van der Waals surface area (Å²) in [6.07, 6.45) is -3.50. The molecule has 1 aliphatic rings. The first-order valence-corrected chi connectivity index (χ1v) is 6.74. The van der Waals surface area contributed by atoms with Crippen molar-refractivity contribution >= 4 is 11.9 Å². The molecule has 3 unspecified atom stereocenters. The van der Waals surface area contributed by atoms with Gasteiger partial charge in [-0.2, -0.15) is 13.2 Å². The first-order chi connectivity index (χ1) is 9.18. The van der Waals surface area contributed by atoms with Crippen molar-refractivity contribution < 1.29 is 27.9 Å². The maximum atomic E-state index is 12.7. The number of carboxylic acids is 1. The number of rotatable bonds is 4. The third-order valence-corrected chi connectivity index (χ3v) is 3.97. The quantitative estimate of drug-likeness (QED) is 0.867. The number of amides is 1. The maximum absolute atomic E-state index is 12.7. The number of halogens is 3. The number of hydrogen-bond donors (Lipinski definition) is 1. The van der Waals surface area contributed by atoms with Gasteiger partial charge in [0.1, 0.15) is 6.04 Å². The summed E-state index contributed by atoms with van der Waals surface area (Å²) in [5.41, 5.74) is 0. The smallest absolute Gasteiger partial charge is 0.391 e. The van der Waals surface area contributed by atoms with E-state index in [9.17, 15) is 22.8 Å². The van der Waals surface area contributed by atoms with Gasteiger partial charge in [-0.3, -0.25) is 4.79 Å². The van der Waals surface area contributed by atoms with Crippen LogP contribution in [0.15, 0.2) is 0 Å². The number of nitrogens with zero attached hydrogens (tertiary/aromatic N) is 1. The minimum atomic E-state index is -4.28. The molecule has 0 aromatic carbocycles. The number of carbonyl (C=O) groups is 2. The lowest BCUT2D eigenvalue weighted by Crippen LogP contribution is -2.46. The van der Waals surface area contributed by atoms with Gasteiger partial charge in [0.05, 0.1) is 5.92 Å². The van der Waals surface area contributed by atoms with E-state index < -0.39 is 35.9 Å². The summed E-state index contributed by atoms with van der Waals surface area (Å²) in [5, 5.41) is 9.00. The second-order valence-corrected chi connectivity index (χ2v) is 5.31. The molecule has 1 saturated carbocycles. The highest BCUT2D eigenvalue weighted by atomic mass is 19.4. The molecule has 1 amide bonds. The molecule has 0 saturated heterocycles. The molecule has 0 heterocycles. The molecule has 1 N–H and O–H groups in total. The Kier molecular flexibility index (Phi) is 5.42. The normalized spacial score (nSPS) is 25.1. The lowest BCUT2D eigenvalue weighted by Gasteiger charge is -2.33. The van der Waals surface area contributed by atoms with Crippen LogP contribution in [0, 0.1) is 11.8 Å². The van der Waals surface area contributed by atoms with E-state index in [4.69, 9.17) is 5.11 Å². The van der Waals surface area contributed by atoms with Crippen LogP contribution in [-0.2, 0) is 9.59 Å². The molecular weight excluding hydrogens is 275 g/mol. The van der Waals surface area contributed by atoms with Crippen molar-refractivity contribution in [2.45, 2.75) is 51.2 Å². The highest BCUT2D eigenvalue weighted by Crippen LogP contribution is 2.40. The average molecular weight is 295 g/mol. The number of likely N-dealkylation sites (N-methyl/N-ethyl adjacent to an activating group) is 1. The fraction of sp³-hybridized carbons (Fsp3) is 0.846. The summed E-state index contributed by atoms with van der Waals surface area (Å²) in [7, 11) is 1.35. The van der Waals surface area contributed by atoms with Gasteiger partial charge in [0, 0.05) is 13.0 Å². The van der Waals surface area contributed by atoms with Crippen LogP contribution in [0.3, 0.4) is 0 Å². The molecule has 20 heavy (non-hydrogen) atoms. The van der Waals surface area contributed by atoms with Crippen LogP contribution >= 0.6 is 0 Å². The molecule has 3 atom stereocenters. The van der Waals surface area contributed by atoms with E-state index >= 15 is 0 Å². The molecule has 0 spiro atoms. The van der Waals surface area contributed by atoms with Crippen molar-refractivity contribution in [3.05, 3.63) is 0 Å². The predicted molar refractivity (Wildman–Crippen MR) is 66.0 cm³/mol. The van der Waals surface area contributed by atoms with Gasteiger partial charge in [-0.15, -0.1) is 0 Å². The third-order valence-electron chi connectivity index (χ3n) is 3.97. The van der Waals surface area contributed by atoms with Crippen LogP contribution < -0.4 is 0 Å². The first kappa shape index (κ1) is 16.8. The maximum Gasteiger partial charge on any atom is 0.391 e. The van der Waals surface area contributed by atoms with Crippen molar-refractivity contribution in [2.24, 2.45) is 11.8 Å². The van der Waals surface area contributed by atoms with E-state index in [1.807, 2.05) is 0 Å². The van der Waals surface area contributed by atoms with Gasteiger partial charge >= 0.3 is 12.1 Å². The summed E-state index contributed by atoms with van der Waals surface area (Å²) < 4.78 is 38.1. The molecule has 0 aromatic rings. The average Bonchev–Trinajstić information content (AvgIpc) is 2.37. The fourth-order valence-electron chi connectivity index (χ4n) is 2.77. The Balaban J connectivity index is 2.74. The summed E-state index contributed by atoms with van der Waals surface area (Å²) in [4.78, 5) is 24.3. The zero-order valence-electron chi connectivity index (χ0n) is 11.6. The van der Waals surface area contributed by atoms with Crippen molar-refractivity contribution in [3.63, 3.8) is 0 Å². The van der Waals surface area contributed by atoms with Crippen molar-refractivity contribution in [1.29, 1.82) is 0 Å². The summed E-state index contributed by atoms with van der Waals surface area (Å²) in [6.45, 7) is 1.63. The molecule has 0 bridgehead atoms. The fourth-order valence-corrected chi connectivity index (χ4v) is 2.77. The van der Waals surface area contributed by atoms with Gasteiger partial charge in [0.2, 0.25) is 5.91 Å². The SMILES string of the molecule is CCC(C(=O)O)N(C)C(=O)C1CCCC(C(F)(F)F)C1. The van der Waals surface area contributed by atoms with Gasteiger partial charge in [-0.1, -0.05) is 13.3 Å². The Bertz CT molecular complexity index is 370. The zero-order chi connectivity index (χ0) is 15.5. The number of hydrogen-bond acceptors (Lipinski definition) is 2. The lowest BCUT2D eigenvalue weighted by atomic mass is 9.80. The van der Waals surface area contributed by atoms with Crippen LogP contribution in [0.25, 0.3) is 0 Å².